The molecule has 0 atom stereocenters. The normalized spacial score (nSPS) is 10.1. The molecule has 0 saturated carbocycles. The predicted octanol–water partition coefficient (Wildman–Crippen LogP) is 2.74. The van der Waals surface area contributed by atoms with Crippen molar-refractivity contribution >= 4 is 5.78 Å². The van der Waals surface area contributed by atoms with Crippen molar-refractivity contribution in [3.05, 3.63) is 23.8 Å². The van der Waals surface area contributed by atoms with Crippen LogP contribution in [0.15, 0.2) is 23.8 Å². The second-order valence-electron chi connectivity index (χ2n) is 2.09. The molecule has 0 saturated heterocycles. The Morgan fingerprint density at radius 3 is 1.92 bits per heavy atom. The van der Waals surface area contributed by atoms with Gasteiger partial charge in [-0.2, -0.15) is 0 Å². The predicted molar refractivity (Wildman–Crippen MR) is 53.8 cm³/mol. The third-order valence-corrected chi connectivity index (χ3v) is 1.06. The minimum Gasteiger partial charge on any atom is -0.295 e. The number of rotatable bonds is 2. The molecule has 0 spiro atoms. The summed E-state index contributed by atoms with van der Waals surface area (Å²) in [5.74, 6) is 2.37. The van der Waals surface area contributed by atoms with Crippen LogP contribution in [-0.4, -0.2) is 5.78 Å². The fourth-order valence-corrected chi connectivity index (χ4v) is 0.596. The second kappa shape index (κ2) is 9.71. The van der Waals surface area contributed by atoms with E-state index in [1.54, 1.807) is 13.8 Å². The molecule has 1 heteroatoms. The second-order valence-corrected chi connectivity index (χ2v) is 2.09. The van der Waals surface area contributed by atoms with Gasteiger partial charge in [-0.3, -0.25) is 4.79 Å². The van der Waals surface area contributed by atoms with Gasteiger partial charge in [0.05, 0.1) is 0 Å². The largest absolute Gasteiger partial charge is 0.295 e. The first kappa shape index (κ1) is 13.3. The van der Waals surface area contributed by atoms with Gasteiger partial charge in [-0.15, -0.1) is 12.3 Å². The summed E-state index contributed by atoms with van der Waals surface area (Å²) in [7, 11) is 0. The van der Waals surface area contributed by atoms with Crippen molar-refractivity contribution < 1.29 is 4.79 Å². The average Bonchev–Trinajstić information content (AvgIpc) is 2.01. The lowest BCUT2D eigenvalue weighted by molar-refractivity contribution is -0.113. The first-order chi connectivity index (χ1) is 5.63. The van der Waals surface area contributed by atoms with Crippen molar-refractivity contribution in [2.24, 2.45) is 0 Å². The van der Waals surface area contributed by atoms with E-state index in [4.69, 9.17) is 0 Å². The minimum atomic E-state index is 0.121. The minimum absolute atomic E-state index is 0.121. The van der Waals surface area contributed by atoms with Crippen LogP contribution in [0.5, 0.6) is 0 Å². The summed E-state index contributed by atoms with van der Waals surface area (Å²) in [5, 5.41) is 0. The quantitative estimate of drug-likeness (QED) is 0.348. The van der Waals surface area contributed by atoms with Crippen molar-refractivity contribution in [2.45, 2.75) is 27.7 Å². The zero-order valence-corrected chi connectivity index (χ0v) is 8.22. The molecule has 0 fully saturated rings. The molecule has 1 nitrogen and oxygen atoms in total. The molecular weight excluding hydrogens is 148 g/mol. The summed E-state index contributed by atoms with van der Waals surface area (Å²) >= 11 is 0. The van der Waals surface area contributed by atoms with Crippen LogP contribution in [0.1, 0.15) is 27.7 Å². The van der Waals surface area contributed by atoms with Crippen molar-refractivity contribution in [1.82, 2.24) is 0 Å². The molecule has 0 aliphatic heterocycles. The zero-order chi connectivity index (χ0) is 9.98. The van der Waals surface area contributed by atoms with Gasteiger partial charge in [-0.05, 0) is 27.7 Å². The van der Waals surface area contributed by atoms with E-state index in [-0.39, 0.29) is 5.78 Å². The highest BCUT2D eigenvalue weighted by Crippen LogP contribution is 1.96. The summed E-state index contributed by atoms with van der Waals surface area (Å²) in [4.78, 5) is 10.6. The van der Waals surface area contributed by atoms with Gasteiger partial charge in [0.2, 0.25) is 0 Å². The summed E-state index contributed by atoms with van der Waals surface area (Å²) in [6.45, 7) is 6.97. The maximum Gasteiger partial charge on any atom is 0.159 e. The number of Topliss-reactive ketones (excluding diaryl/α,β-unsaturated/α-hetero) is 1. The van der Waals surface area contributed by atoms with Gasteiger partial charge in [0, 0.05) is 5.57 Å². The lowest BCUT2D eigenvalue weighted by Gasteiger charge is -1.89. The first-order valence-electron chi connectivity index (χ1n) is 3.81. The number of ketones is 1. The van der Waals surface area contributed by atoms with Crippen molar-refractivity contribution in [3.63, 3.8) is 0 Å². The lowest BCUT2D eigenvalue weighted by atomic mass is 10.2. The fraction of sp³-hybridized carbons (Fsp3) is 0.364. The Morgan fingerprint density at radius 2 is 1.83 bits per heavy atom. The molecular formula is C11H16O. The number of terminal acetylenes is 1. The van der Waals surface area contributed by atoms with Crippen molar-refractivity contribution in [1.29, 1.82) is 0 Å². The van der Waals surface area contributed by atoms with Gasteiger partial charge in [0.15, 0.2) is 5.78 Å². The molecule has 0 aliphatic rings. The smallest absolute Gasteiger partial charge is 0.159 e. The number of hydrogen-bond acceptors (Lipinski definition) is 1. The van der Waals surface area contributed by atoms with Crippen LogP contribution in [0.25, 0.3) is 0 Å². The van der Waals surface area contributed by atoms with Crippen molar-refractivity contribution in [3.8, 4) is 12.3 Å². The SMILES string of the molecule is C#CC.C/C=C\C(=C/C)C(C)=O. The van der Waals surface area contributed by atoms with E-state index >= 15 is 0 Å². The molecule has 0 heterocycles. The highest BCUT2D eigenvalue weighted by atomic mass is 16.1. The number of hydrogen-bond donors (Lipinski definition) is 0. The molecule has 12 heavy (non-hydrogen) atoms. The van der Waals surface area contributed by atoms with Crippen LogP contribution in [0.4, 0.5) is 0 Å². The third kappa shape index (κ3) is 8.71. The molecule has 66 valence electrons. The maximum atomic E-state index is 10.6. The van der Waals surface area contributed by atoms with Crippen LogP contribution in [0.2, 0.25) is 0 Å². The van der Waals surface area contributed by atoms with E-state index in [1.807, 2.05) is 32.1 Å². The Bertz CT molecular complexity index is 214. The highest BCUT2D eigenvalue weighted by Gasteiger charge is 1.93. The van der Waals surface area contributed by atoms with Crippen LogP contribution in [-0.2, 0) is 4.79 Å². The topological polar surface area (TPSA) is 17.1 Å². The molecule has 0 aromatic rings. The first-order valence-corrected chi connectivity index (χ1v) is 3.81. The lowest BCUT2D eigenvalue weighted by Crippen LogP contribution is -1.90. The Balaban J connectivity index is 0. The third-order valence-electron chi connectivity index (χ3n) is 1.06. The molecule has 0 aromatic heterocycles. The standard InChI is InChI=1S/C8H12O.C3H4/c1-4-6-8(5-2)7(3)9;1-3-2/h4-6H,1-3H3;1H,2H3/b6-4-,8-5+;. The van der Waals surface area contributed by atoms with Gasteiger partial charge >= 0.3 is 0 Å². The number of allylic oxidation sites excluding steroid dienone is 4. The number of carbonyl (C=O) groups excluding carboxylic acids is 1. The Kier molecular flexibility index (Phi) is 10.8. The van der Waals surface area contributed by atoms with Gasteiger partial charge in [0.25, 0.3) is 0 Å². The molecule has 0 amide bonds. The van der Waals surface area contributed by atoms with E-state index in [2.05, 4.69) is 12.3 Å². The Morgan fingerprint density at radius 1 is 1.42 bits per heavy atom. The molecule has 0 radical (unpaired) electrons. The highest BCUT2D eigenvalue weighted by molar-refractivity contribution is 5.95. The zero-order valence-electron chi connectivity index (χ0n) is 8.22. The average molecular weight is 164 g/mol. The van der Waals surface area contributed by atoms with E-state index < -0.39 is 0 Å². The van der Waals surface area contributed by atoms with E-state index in [0.717, 1.165) is 5.57 Å². The van der Waals surface area contributed by atoms with Gasteiger partial charge in [-0.1, -0.05) is 18.2 Å². The monoisotopic (exact) mass is 164 g/mol. The number of carbonyl (C=O) groups is 1. The van der Waals surface area contributed by atoms with Crippen molar-refractivity contribution in [2.75, 3.05) is 0 Å². The molecule has 0 aliphatic carbocycles. The maximum absolute atomic E-state index is 10.6. The molecule has 0 unspecified atom stereocenters. The molecule has 0 rings (SSSR count). The van der Waals surface area contributed by atoms with E-state index in [1.165, 1.54) is 0 Å². The summed E-state index contributed by atoms with van der Waals surface area (Å²) in [6, 6.07) is 0. The summed E-state index contributed by atoms with van der Waals surface area (Å²) < 4.78 is 0. The Labute approximate surface area is 75.2 Å². The molecule has 0 bridgehead atoms. The molecule has 0 aromatic carbocycles. The van der Waals surface area contributed by atoms with Crippen LogP contribution in [0, 0.1) is 12.3 Å². The fourth-order valence-electron chi connectivity index (χ4n) is 0.596. The van der Waals surface area contributed by atoms with Crippen LogP contribution < -0.4 is 0 Å². The van der Waals surface area contributed by atoms with Crippen LogP contribution >= 0.6 is 0 Å². The summed E-state index contributed by atoms with van der Waals surface area (Å²) in [6.07, 6.45) is 10.1. The van der Waals surface area contributed by atoms with E-state index in [0.29, 0.717) is 0 Å². The van der Waals surface area contributed by atoms with Gasteiger partial charge in [-0.25, -0.2) is 0 Å². The molecule has 0 N–H and O–H groups in total. The van der Waals surface area contributed by atoms with Gasteiger partial charge < -0.3 is 0 Å². The van der Waals surface area contributed by atoms with E-state index in [9.17, 15) is 4.79 Å². The Hall–Kier alpha value is -1.29. The van der Waals surface area contributed by atoms with Gasteiger partial charge in [0.1, 0.15) is 0 Å². The summed E-state index contributed by atoms with van der Waals surface area (Å²) in [5.41, 5.74) is 0.775. The van der Waals surface area contributed by atoms with Crippen LogP contribution in [0.3, 0.4) is 0 Å².